The molecule has 0 spiro atoms. The van der Waals surface area contributed by atoms with Gasteiger partial charge in [0.2, 0.25) is 0 Å². The third-order valence-corrected chi connectivity index (χ3v) is 4.62. The van der Waals surface area contributed by atoms with Crippen molar-refractivity contribution in [3.8, 4) is 11.4 Å². The smallest absolute Gasteiger partial charge is 0.254 e. The molecular weight excluding hydrogens is 340 g/mol. The van der Waals surface area contributed by atoms with Crippen molar-refractivity contribution in [1.29, 1.82) is 0 Å². The van der Waals surface area contributed by atoms with E-state index in [-0.39, 0.29) is 23.2 Å². The van der Waals surface area contributed by atoms with Crippen LogP contribution in [0.4, 0.5) is 0 Å². The van der Waals surface area contributed by atoms with E-state index < -0.39 is 0 Å². The van der Waals surface area contributed by atoms with Crippen LogP contribution in [0.5, 0.6) is 0 Å². The maximum atomic E-state index is 2.26. The number of imidazole rings is 1. The van der Waals surface area contributed by atoms with Crippen LogP contribution < -0.4 is 17.0 Å². The van der Waals surface area contributed by atoms with E-state index in [2.05, 4.69) is 118 Å². The zero-order chi connectivity index (χ0) is 18.2. The van der Waals surface area contributed by atoms with Crippen molar-refractivity contribution in [1.82, 2.24) is 4.57 Å². The SMILES string of the molecule is CC(C)(C)c1ccccc1-n1cc[n+](-c2ccccc2C(C)(C)C)c1.[Cl-]. The highest BCUT2D eigenvalue weighted by Crippen LogP contribution is 2.29. The van der Waals surface area contributed by atoms with Crippen molar-refractivity contribution in [2.45, 2.75) is 52.4 Å². The Bertz CT molecular complexity index is 807. The van der Waals surface area contributed by atoms with Crippen molar-refractivity contribution in [2.75, 3.05) is 0 Å². The molecule has 0 fully saturated rings. The monoisotopic (exact) mass is 368 g/mol. The lowest BCUT2D eigenvalue weighted by atomic mass is 9.85. The minimum Gasteiger partial charge on any atom is -1.00 e. The molecule has 138 valence electrons. The molecule has 0 aliphatic rings. The number of rotatable bonds is 2. The quantitative estimate of drug-likeness (QED) is 0.614. The van der Waals surface area contributed by atoms with Crippen molar-refractivity contribution >= 4 is 0 Å². The van der Waals surface area contributed by atoms with Gasteiger partial charge in [0, 0.05) is 11.1 Å². The molecule has 0 saturated heterocycles. The summed E-state index contributed by atoms with van der Waals surface area (Å²) < 4.78 is 4.44. The molecule has 0 aliphatic heterocycles. The van der Waals surface area contributed by atoms with Crippen LogP contribution >= 0.6 is 0 Å². The average molecular weight is 369 g/mol. The first-order valence-corrected chi connectivity index (χ1v) is 8.97. The summed E-state index contributed by atoms with van der Waals surface area (Å²) >= 11 is 0. The van der Waals surface area contributed by atoms with E-state index in [4.69, 9.17) is 0 Å². The fraction of sp³-hybridized carbons (Fsp3) is 0.348. The van der Waals surface area contributed by atoms with Crippen LogP contribution in [-0.4, -0.2) is 4.57 Å². The molecule has 1 heterocycles. The molecule has 0 saturated carbocycles. The summed E-state index contributed by atoms with van der Waals surface area (Å²) in [5.41, 5.74) is 5.39. The molecule has 0 bridgehead atoms. The molecule has 3 aromatic rings. The summed E-state index contributed by atoms with van der Waals surface area (Å²) in [4.78, 5) is 0. The topological polar surface area (TPSA) is 8.81 Å². The largest absolute Gasteiger partial charge is 1.00 e. The minimum absolute atomic E-state index is 0. The molecule has 0 amide bonds. The Hall–Kier alpha value is -2.06. The number of halogens is 1. The molecule has 3 heteroatoms. The average Bonchev–Trinajstić information content (AvgIpc) is 3.03. The minimum atomic E-state index is 0. The number of nitrogens with zero attached hydrogens (tertiary/aromatic N) is 2. The Morgan fingerprint density at radius 1 is 0.731 bits per heavy atom. The summed E-state index contributed by atoms with van der Waals surface area (Å²) in [5, 5.41) is 0. The lowest BCUT2D eigenvalue weighted by molar-refractivity contribution is -0.595. The van der Waals surface area contributed by atoms with Gasteiger partial charge >= 0.3 is 0 Å². The van der Waals surface area contributed by atoms with E-state index in [1.54, 1.807) is 0 Å². The molecule has 0 atom stereocenters. The van der Waals surface area contributed by atoms with Crippen LogP contribution in [0, 0.1) is 0 Å². The van der Waals surface area contributed by atoms with Gasteiger partial charge in [0.05, 0.1) is 0 Å². The lowest BCUT2D eigenvalue weighted by Crippen LogP contribution is -3.00. The van der Waals surface area contributed by atoms with Gasteiger partial charge in [-0.15, -0.1) is 0 Å². The maximum Gasteiger partial charge on any atom is 0.254 e. The molecule has 2 aromatic carbocycles. The van der Waals surface area contributed by atoms with Gasteiger partial charge in [-0.3, -0.25) is 0 Å². The van der Waals surface area contributed by atoms with Crippen molar-refractivity contribution in [3.63, 3.8) is 0 Å². The van der Waals surface area contributed by atoms with Gasteiger partial charge in [0.1, 0.15) is 23.8 Å². The lowest BCUT2D eigenvalue weighted by Gasteiger charge is -2.21. The van der Waals surface area contributed by atoms with Crippen LogP contribution in [0.2, 0.25) is 0 Å². The number of aromatic nitrogens is 2. The Morgan fingerprint density at radius 3 is 1.88 bits per heavy atom. The second-order valence-corrected chi connectivity index (χ2v) is 8.76. The van der Waals surface area contributed by atoms with Crippen LogP contribution in [0.15, 0.2) is 67.3 Å². The number of hydrogen-bond acceptors (Lipinski definition) is 0. The van der Waals surface area contributed by atoms with Crippen molar-refractivity contribution in [2.24, 2.45) is 0 Å². The van der Waals surface area contributed by atoms with E-state index in [9.17, 15) is 0 Å². The first-order valence-electron chi connectivity index (χ1n) is 8.97. The van der Waals surface area contributed by atoms with Gasteiger partial charge in [0.15, 0.2) is 0 Å². The highest BCUT2D eigenvalue weighted by molar-refractivity contribution is 5.45. The zero-order valence-electron chi connectivity index (χ0n) is 16.6. The van der Waals surface area contributed by atoms with Gasteiger partial charge in [-0.25, -0.2) is 9.13 Å². The molecule has 2 nitrogen and oxygen atoms in total. The fourth-order valence-corrected chi connectivity index (χ4v) is 3.31. The predicted molar refractivity (Wildman–Crippen MR) is 105 cm³/mol. The zero-order valence-corrected chi connectivity index (χ0v) is 17.4. The number of benzene rings is 2. The molecule has 3 rings (SSSR count). The van der Waals surface area contributed by atoms with Gasteiger partial charge in [-0.05, 0) is 23.0 Å². The normalized spacial score (nSPS) is 11.9. The Labute approximate surface area is 163 Å². The second kappa shape index (κ2) is 7.28. The standard InChI is InChI=1S/C23H29N2.ClH/c1-22(2,3)18-11-7-9-13-20(18)24-15-16-25(17-24)21-14-10-8-12-19(21)23(4,5)6;/h7-17H,1-6H3;1H/q+1;/p-1. The Morgan fingerprint density at radius 2 is 1.27 bits per heavy atom. The Kier molecular flexibility index (Phi) is 5.67. The first kappa shape index (κ1) is 20.3. The first-order chi connectivity index (χ1) is 11.7. The van der Waals surface area contributed by atoms with Gasteiger partial charge in [-0.1, -0.05) is 77.9 Å². The highest BCUT2D eigenvalue weighted by Gasteiger charge is 2.24. The molecule has 0 aliphatic carbocycles. The van der Waals surface area contributed by atoms with E-state index >= 15 is 0 Å². The van der Waals surface area contributed by atoms with E-state index in [1.807, 2.05) is 0 Å². The summed E-state index contributed by atoms with van der Waals surface area (Å²) in [5.74, 6) is 0. The summed E-state index contributed by atoms with van der Waals surface area (Å²) in [6, 6.07) is 17.3. The third-order valence-electron chi connectivity index (χ3n) is 4.62. The van der Waals surface area contributed by atoms with Gasteiger partial charge in [-0.2, -0.15) is 0 Å². The van der Waals surface area contributed by atoms with E-state index in [0.717, 1.165) is 0 Å². The number of para-hydroxylation sites is 2. The van der Waals surface area contributed by atoms with Crippen LogP contribution in [0.3, 0.4) is 0 Å². The Balaban J connectivity index is 0.00000243. The van der Waals surface area contributed by atoms with Crippen LogP contribution in [0.1, 0.15) is 52.7 Å². The molecule has 26 heavy (non-hydrogen) atoms. The molecule has 0 N–H and O–H groups in total. The predicted octanol–water partition coefficient (Wildman–Crippen LogP) is 2.35. The summed E-state index contributed by atoms with van der Waals surface area (Å²) in [6.45, 7) is 13.6. The van der Waals surface area contributed by atoms with Crippen molar-refractivity contribution < 1.29 is 17.0 Å². The van der Waals surface area contributed by atoms with E-state index in [1.165, 1.54) is 22.5 Å². The van der Waals surface area contributed by atoms with Crippen molar-refractivity contribution in [3.05, 3.63) is 78.4 Å². The second-order valence-electron chi connectivity index (χ2n) is 8.76. The maximum absolute atomic E-state index is 2.26. The van der Waals surface area contributed by atoms with Gasteiger partial charge in [0.25, 0.3) is 6.33 Å². The van der Waals surface area contributed by atoms with Crippen LogP contribution in [-0.2, 0) is 10.8 Å². The molecule has 0 radical (unpaired) electrons. The molecular formula is C23H29ClN2. The van der Waals surface area contributed by atoms with Crippen LogP contribution in [0.25, 0.3) is 11.4 Å². The third kappa shape index (κ3) is 4.02. The molecule has 1 aromatic heterocycles. The highest BCUT2D eigenvalue weighted by atomic mass is 35.5. The number of hydrogen-bond donors (Lipinski definition) is 0. The fourth-order valence-electron chi connectivity index (χ4n) is 3.31. The summed E-state index contributed by atoms with van der Waals surface area (Å²) in [7, 11) is 0. The van der Waals surface area contributed by atoms with E-state index in [0.29, 0.717) is 0 Å². The summed E-state index contributed by atoms with van der Waals surface area (Å²) in [6.07, 6.45) is 6.46. The van der Waals surface area contributed by atoms with Gasteiger partial charge < -0.3 is 12.4 Å². The molecule has 0 unspecified atom stereocenters.